The molecule has 0 saturated carbocycles. The van der Waals surface area contributed by atoms with E-state index in [1.165, 1.54) is 33.4 Å². The van der Waals surface area contributed by atoms with Gasteiger partial charge < -0.3 is 15.3 Å². The van der Waals surface area contributed by atoms with Gasteiger partial charge in [0.05, 0.1) is 37.9 Å². The van der Waals surface area contributed by atoms with Crippen molar-refractivity contribution in [2.75, 3.05) is 51.3 Å². The smallest absolute Gasteiger partial charge is 0.234 e. The third-order valence-electron chi connectivity index (χ3n) is 15.2. The van der Waals surface area contributed by atoms with Gasteiger partial charge in [0.15, 0.2) is 0 Å². The molecular weight excluding hydrogens is 1010 g/mol. The SMILES string of the molecule is CCC(=NOC)[C@@H]1C2[C@H](O)CC(C[C@@H]1c1ccc(Cl)c(Cl)c1)N2CCCN(CCSC(c1ccccc1)(c1ccccc1)c1ccccc1)CC(=O)NCCSC(c1ccccc1)(c1ccccc1)c1ccccc1. The van der Waals surface area contributed by atoms with Gasteiger partial charge in [-0.3, -0.25) is 14.6 Å². The van der Waals surface area contributed by atoms with E-state index in [2.05, 4.69) is 215 Å². The second kappa shape index (κ2) is 26.1. The first-order chi connectivity index (χ1) is 36.8. The van der Waals surface area contributed by atoms with Gasteiger partial charge in [0, 0.05) is 49.1 Å². The molecule has 0 aromatic heterocycles. The van der Waals surface area contributed by atoms with Gasteiger partial charge in [0.1, 0.15) is 7.11 Å². The van der Waals surface area contributed by atoms with Crippen LogP contribution in [0.4, 0.5) is 0 Å². The van der Waals surface area contributed by atoms with Crippen molar-refractivity contribution < 1.29 is 14.7 Å². The molecule has 9 rings (SSSR count). The van der Waals surface area contributed by atoms with Crippen LogP contribution in [-0.4, -0.2) is 96.1 Å². The third kappa shape index (κ3) is 12.3. The highest BCUT2D eigenvalue weighted by Gasteiger charge is 2.53. The quantitative estimate of drug-likeness (QED) is 0.0270. The Hall–Kier alpha value is -5.36. The molecule has 7 nitrogen and oxygen atoms in total. The van der Waals surface area contributed by atoms with Gasteiger partial charge >= 0.3 is 0 Å². The van der Waals surface area contributed by atoms with E-state index in [0.29, 0.717) is 48.3 Å². The lowest BCUT2D eigenvalue weighted by molar-refractivity contribution is -0.122. The Morgan fingerprint density at radius 1 is 0.667 bits per heavy atom. The number of amides is 1. The maximum absolute atomic E-state index is 14.4. The van der Waals surface area contributed by atoms with Crippen LogP contribution >= 0.6 is 46.7 Å². The molecule has 0 aliphatic carbocycles. The summed E-state index contributed by atoms with van der Waals surface area (Å²) >= 11 is 16.8. The Labute approximate surface area is 463 Å². The van der Waals surface area contributed by atoms with Crippen LogP contribution in [0.3, 0.4) is 0 Å². The maximum atomic E-state index is 14.4. The van der Waals surface area contributed by atoms with Crippen LogP contribution < -0.4 is 5.32 Å². The van der Waals surface area contributed by atoms with Gasteiger partial charge in [0.25, 0.3) is 0 Å². The van der Waals surface area contributed by atoms with Crippen molar-refractivity contribution in [1.82, 2.24) is 15.1 Å². The summed E-state index contributed by atoms with van der Waals surface area (Å²) in [6.45, 7) is 5.05. The molecule has 2 N–H and O–H groups in total. The van der Waals surface area contributed by atoms with Crippen molar-refractivity contribution >= 4 is 58.3 Å². The molecule has 75 heavy (non-hydrogen) atoms. The zero-order chi connectivity index (χ0) is 52.0. The van der Waals surface area contributed by atoms with Crippen LogP contribution in [0.2, 0.25) is 10.0 Å². The molecule has 7 aromatic rings. The largest absolute Gasteiger partial charge is 0.399 e. The molecule has 11 heteroatoms. The number of carbonyl (C=O) groups is 1. The third-order valence-corrected chi connectivity index (χ3v) is 19.0. The average molecular weight is 1080 g/mol. The monoisotopic (exact) mass is 1070 g/mol. The molecule has 388 valence electrons. The molecule has 2 aliphatic rings. The lowest BCUT2D eigenvalue weighted by Gasteiger charge is -2.46. The lowest BCUT2D eigenvalue weighted by atomic mass is 9.72. The number of thioether (sulfide) groups is 2. The Balaban J connectivity index is 0.956. The molecule has 0 spiro atoms. The first-order valence-electron chi connectivity index (χ1n) is 26.4. The fourth-order valence-corrected chi connectivity index (χ4v) is 15.3. The fourth-order valence-electron chi connectivity index (χ4n) is 12.0. The van der Waals surface area contributed by atoms with E-state index in [1.54, 1.807) is 7.11 Å². The van der Waals surface area contributed by atoms with E-state index in [4.69, 9.17) is 28.0 Å². The van der Waals surface area contributed by atoms with Crippen molar-refractivity contribution in [3.8, 4) is 0 Å². The second-order valence-corrected chi connectivity index (χ2v) is 23.0. The first-order valence-corrected chi connectivity index (χ1v) is 29.1. The molecule has 0 radical (unpaired) electrons. The van der Waals surface area contributed by atoms with E-state index in [1.807, 2.05) is 35.7 Å². The number of carbonyl (C=O) groups excluding carboxylic acids is 1. The van der Waals surface area contributed by atoms with E-state index in [0.717, 1.165) is 36.4 Å². The van der Waals surface area contributed by atoms with Crippen LogP contribution in [0.25, 0.3) is 0 Å². The van der Waals surface area contributed by atoms with Crippen molar-refractivity contribution in [3.63, 3.8) is 0 Å². The number of nitrogens with one attached hydrogen (secondary N) is 1. The van der Waals surface area contributed by atoms with E-state index < -0.39 is 15.6 Å². The van der Waals surface area contributed by atoms with Gasteiger partial charge in [-0.2, -0.15) is 0 Å². The van der Waals surface area contributed by atoms with Crippen molar-refractivity contribution in [1.29, 1.82) is 0 Å². The fraction of sp³-hybridized carbons (Fsp3) is 0.312. The first kappa shape index (κ1) is 54.4. The summed E-state index contributed by atoms with van der Waals surface area (Å²) in [5.41, 5.74) is 9.26. The van der Waals surface area contributed by atoms with Crippen LogP contribution in [0.15, 0.2) is 205 Å². The summed E-state index contributed by atoms with van der Waals surface area (Å²) in [5, 5.41) is 20.9. The summed E-state index contributed by atoms with van der Waals surface area (Å²) in [6, 6.07) is 70.5. The number of halogens is 2. The van der Waals surface area contributed by atoms with Crippen molar-refractivity contribution in [2.45, 2.75) is 66.2 Å². The highest BCUT2D eigenvalue weighted by atomic mass is 35.5. The number of nitrogens with zero attached hydrogens (tertiary/aromatic N) is 3. The molecule has 7 aromatic carbocycles. The second-order valence-electron chi connectivity index (χ2n) is 19.6. The zero-order valence-electron chi connectivity index (χ0n) is 42.9. The lowest BCUT2D eigenvalue weighted by Crippen LogP contribution is -2.53. The number of oxime groups is 1. The van der Waals surface area contributed by atoms with Crippen LogP contribution in [0.5, 0.6) is 0 Å². The molecule has 2 aliphatic heterocycles. The highest BCUT2D eigenvalue weighted by molar-refractivity contribution is 8.00. The molecule has 2 heterocycles. The average Bonchev–Trinajstić information content (AvgIpc) is 3.68. The van der Waals surface area contributed by atoms with E-state index in [9.17, 15) is 9.90 Å². The minimum Gasteiger partial charge on any atom is -0.399 e. The molecule has 2 saturated heterocycles. The zero-order valence-corrected chi connectivity index (χ0v) is 46.0. The molecule has 5 atom stereocenters. The molecular formula is C64H68Cl2N4O3S2. The number of piperidine rings is 1. The van der Waals surface area contributed by atoms with Gasteiger partial charge in [-0.25, -0.2) is 0 Å². The molecule has 2 unspecified atom stereocenters. The highest BCUT2D eigenvalue weighted by Crippen LogP contribution is 2.51. The summed E-state index contributed by atoms with van der Waals surface area (Å²) in [4.78, 5) is 24.7. The molecule has 2 fully saturated rings. The van der Waals surface area contributed by atoms with Crippen molar-refractivity contribution in [3.05, 3.63) is 249 Å². The summed E-state index contributed by atoms with van der Waals surface area (Å²) in [7, 11) is 1.59. The number of benzene rings is 7. The predicted octanol–water partition coefficient (Wildman–Crippen LogP) is 13.6. The van der Waals surface area contributed by atoms with E-state index in [-0.39, 0.29) is 36.4 Å². The van der Waals surface area contributed by atoms with Gasteiger partial charge in [-0.05, 0) is 89.2 Å². The summed E-state index contributed by atoms with van der Waals surface area (Å²) in [6.07, 6.45) is 2.52. The van der Waals surface area contributed by atoms with Gasteiger partial charge in [0.2, 0.25) is 5.91 Å². The van der Waals surface area contributed by atoms with Crippen molar-refractivity contribution in [2.24, 2.45) is 11.1 Å². The standard InChI is InChI=1S/C64H68Cl2N4O3S2/c1-3-58(68-73-2)61-55(47-35-36-56(65)57(66)43-47)44-54-45-59(71)62(61)70(54)39-22-38-69(40-42-75-64(51-29-16-7-17-30-51,52-31-18-8-19-32-52)53-33-20-9-21-34-53)46-60(72)67-37-41-74-63(48-23-10-4-11-24-48,49-25-12-5-13-26-49)50-27-14-6-15-28-50/h4-21,23-36,43,54-55,59,61-62,71H,3,22,37-42,44-46H2,1-2H3,(H,67,72)/t54?,55-,59-,61-,62?/m1/s1. The van der Waals surface area contributed by atoms with Crippen LogP contribution in [-0.2, 0) is 19.1 Å². The summed E-state index contributed by atoms with van der Waals surface area (Å²) in [5.74, 6) is 1.48. The number of hydrogen-bond donors (Lipinski definition) is 2. The Morgan fingerprint density at radius 2 is 1.13 bits per heavy atom. The maximum Gasteiger partial charge on any atom is 0.234 e. The number of hydrogen-bond acceptors (Lipinski definition) is 8. The topological polar surface area (TPSA) is 77.4 Å². The Kier molecular flexibility index (Phi) is 19.0. The number of fused-ring (bicyclic) bond motifs is 2. The van der Waals surface area contributed by atoms with E-state index >= 15 is 0 Å². The number of aliphatic hydroxyl groups excluding tert-OH is 1. The van der Waals surface area contributed by atoms with Gasteiger partial charge in [-0.1, -0.05) is 223 Å². The normalized spacial score (nSPS) is 19.0. The summed E-state index contributed by atoms with van der Waals surface area (Å²) < 4.78 is -0.961. The molecule has 2 bridgehead atoms. The minimum absolute atomic E-state index is 0.00661. The number of rotatable bonds is 24. The molecule has 1 amide bonds. The number of aliphatic hydroxyl groups is 1. The van der Waals surface area contributed by atoms with Gasteiger partial charge in [-0.15, -0.1) is 23.5 Å². The Morgan fingerprint density at radius 3 is 1.57 bits per heavy atom. The van der Waals surface area contributed by atoms with Crippen LogP contribution in [0, 0.1) is 5.92 Å². The predicted molar refractivity (Wildman–Crippen MR) is 314 cm³/mol. The minimum atomic E-state index is -0.524. The Bertz CT molecular complexity index is 2710. The van der Waals surface area contributed by atoms with Crippen LogP contribution in [0.1, 0.15) is 77.5 Å².